The number of nitrogens with zero attached hydrogens (tertiary/aromatic N) is 1. The Labute approximate surface area is 134 Å². The number of amides is 2. The highest BCUT2D eigenvalue weighted by atomic mass is 16.5. The van der Waals surface area contributed by atoms with Crippen molar-refractivity contribution in [2.24, 2.45) is 0 Å². The second-order valence-corrected chi connectivity index (χ2v) is 5.69. The molecule has 1 fully saturated rings. The van der Waals surface area contributed by atoms with Crippen molar-refractivity contribution in [2.45, 2.75) is 25.8 Å². The SMILES string of the molecule is COc1ccc2cc(C(=O)NC3CCC(=O)NC3)c(C)nc2c1. The van der Waals surface area contributed by atoms with E-state index in [0.717, 1.165) is 16.7 Å². The van der Waals surface area contributed by atoms with E-state index in [4.69, 9.17) is 4.74 Å². The highest BCUT2D eigenvalue weighted by Crippen LogP contribution is 2.22. The first-order valence-electron chi connectivity index (χ1n) is 7.60. The molecular weight excluding hydrogens is 294 g/mol. The zero-order valence-corrected chi connectivity index (χ0v) is 13.2. The summed E-state index contributed by atoms with van der Waals surface area (Å²) in [5.41, 5.74) is 2.02. The molecule has 0 spiro atoms. The van der Waals surface area contributed by atoms with Crippen molar-refractivity contribution in [3.63, 3.8) is 0 Å². The number of ether oxygens (including phenoxy) is 1. The Morgan fingerprint density at radius 2 is 2.22 bits per heavy atom. The van der Waals surface area contributed by atoms with Gasteiger partial charge in [-0.05, 0) is 31.5 Å². The molecule has 120 valence electrons. The Bertz CT molecular complexity index is 763. The van der Waals surface area contributed by atoms with Gasteiger partial charge in [0.1, 0.15) is 5.75 Å². The van der Waals surface area contributed by atoms with Gasteiger partial charge in [0, 0.05) is 30.5 Å². The average molecular weight is 313 g/mol. The van der Waals surface area contributed by atoms with Crippen LogP contribution in [0.1, 0.15) is 28.9 Å². The number of carbonyl (C=O) groups excluding carboxylic acids is 2. The first kappa shape index (κ1) is 15.3. The molecule has 23 heavy (non-hydrogen) atoms. The predicted molar refractivity (Wildman–Crippen MR) is 86.5 cm³/mol. The van der Waals surface area contributed by atoms with E-state index < -0.39 is 0 Å². The van der Waals surface area contributed by atoms with E-state index in [1.165, 1.54) is 0 Å². The van der Waals surface area contributed by atoms with E-state index in [1.807, 2.05) is 31.2 Å². The fraction of sp³-hybridized carbons (Fsp3) is 0.353. The largest absolute Gasteiger partial charge is 0.497 e. The summed E-state index contributed by atoms with van der Waals surface area (Å²) >= 11 is 0. The summed E-state index contributed by atoms with van der Waals surface area (Å²) in [7, 11) is 1.61. The number of hydrogen-bond acceptors (Lipinski definition) is 4. The maximum atomic E-state index is 12.5. The third-order valence-corrected chi connectivity index (χ3v) is 4.06. The van der Waals surface area contributed by atoms with Crippen molar-refractivity contribution in [2.75, 3.05) is 13.7 Å². The van der Waals surface area contributed by atoms with Crippen LogP contribution < -0.4 is 15.4 Å². The lowest BCUT2D eigenvalue weighted by atomic mass is 10.1. The molecule has 0 saturated carbocycles. The lowest BCUT2D eigenvalue weighted by Crippen LogP contribution is -2.47. The molecule has 2 N–H and O–H groups in total. The number of methoxy groups -OCH3 is 1. The number of aromatic nitrogens is 1. The zero-order chi connectivity index (χ0) is 16.4. The highest BCUT2D eigenvalue weighted by molar-refractivity contribution is 5.99. The fourth-order valence-corrected chi connectivity index (χ4v) is 2.72. The van der Waals surface area contributed by atoms with Crippen LogP contribution in [0.25, 0.3) is 10.9 Å². The Kier molecular flexibility index (Phi) is 4.14. The second-order valence-electron chi connectivity index (χ2n) is 5.69. The van der Waals surface area contributed by atoms with Crippen molar-refractivity contribution in [3.05, 3.63) is 35.5 Å². The number of nitrogens with one attached hydrogen (secondary N) is 2. The van der Waals surface area contributed by atoms with Crippen molar-refractivity contribution < 1.29 is 14.3 Å². The van der Waals surface area contributed by atoms with Crippen molar-refractivity contribution in [3.8, 4) is 5.75 Å². The lowest BCUT2D eigenvalue weighted by molar-refractivity contribution is -0.122. The van der Waals surface area contributed by atoms with E-state index >= 15 is 0 Å². The first-order chi connectivity index (χ1) is 11.1. The minimum atomic E-state index is -0.158. The summed E-state index contributed by atoms with van der Waals surface area (Å²) in [4.78, 5) is 28.2. The van der Waals surface area contributed by atoms with Crippen LogP contribution in [0.2, 0.25) is 0 Å². The standard InChI is InChI=1S/C17H19N3O3/c1-10-14(17(22)20-12-4-6-16(21)18-9-12)7-11-3-5-13(23-2)8-15(11)19-10/h3,5,7-8,12H,4,6,9H2,1-2H3,(H,18,21)(H,20,22). The van der Waals surface area contributed by atoms with Crippen molar-refractivity contribution >= 4 is 22.7 Å². The molecule has 1 saturated heterocycles. The van der Waals surface area contributed by atoms with E-state index in [1.54, 1.807) is 7.11 Å². The summed E-state index contributed by atoms with van der Waals surface area (Å²) in [6.45, 7) is 2.29. The van der Waals surface area contributed by atoms with Crippen molar-refractivity contribution in [1.29, 1.82) is 0 Å². The van der Waals surface area contributed by atoms with Crippen LogP contribution in [0.4, 0.5) is 0 Å². The molecule has 1 aliphatic rings. The molecule has 0 bridgehead atoms. The molecule has 2 heterocycles. The number of piperidine rings is 1. The molecule has 1 aromatic heterocycles. The summed E-state index contributed by atoms with van der Waals surface area (Å²) in [5.74, 6) is 0.612. The van der Waals surface area contributed by atoms with Crippen LogP contribution in [-0.4, -0.2) is 36.5 Å². The van der Waals surface area contributed by atoms with Gasteiger partial charge in [-0.15, -0.1) is 0 Å². The van der Waals surface area contributed by atoms with E-state index in [2.05, 4.69) is 15.6 Å². The summed E-state index contributed by atoms with van der Waals surface area (Å²) < 4.78 is 5.20. The smallest absolute Gasteiger partial charge is 0.253 e. The zero-order valence-electron chi connectivity index (χ0n) is 13.2. The summed E-state index contributed by atoms with van der Waals surface area (Å²) in [6.07, 6.45) is 1.11. The Morgan fingerprint density at radius 1 is 1.39 bits per heavy atom. The number of aryl methyl sites for hydroxylation is 1. The van der Waals surface area contributed by atoms with Gasteiger partial charge in [0.15, 0.2) is 0 Å². The minimum absolute atomic E-state index is 0.0352. The van der Waals surface area contributed by atoms with Crippen LogP contribution in [0, 0.1) is 6.92 Å². The van der Waals surface area contributed by atoms with Crippen LogP contribution in [-0.2, 0) is 4.79 Å². The van der Waals surface area contributed by atoms with Gasteiger partial charge in [-0.2, -0.15) is 0 Å². The molecule has 1 unspecified atom stereocenters. The van der Waals surface area contributed by atoms with Gasteiger partial charge < -0.3 is 15.4 Å². The van der Waals surface area contributed by atoms with Gasteiger partial charge >= 0.3 is 0 Å². The average Bonchev–Trinajstić information content (AvgIpc) is 2.55. The lowest BCUT2D eigenvalue weighted by Gasteiger charge is -2.23. The summed E-state index contributed by atoms with van der Waals surface area (Å²) in [6, 6.07) is 7.39. The van der Waals surface area contributed by atoms with E-state index in [9.17, 15) is 9.59 Å². The van der Waals surface area contributed by atoms with Gasteiger partial charge in [0.25, 0.3) is 5.91 Å². The van der Waals surface area contributed by atoms with Gasteiger partial charge in [-0.25, -0.2) is 0 Å². The molecule has 6 nitrogen and oxygen atoms in total. The van der Waals surface area contributed by atoms with Crippen LogP contribution >= 0.6 is 0 Å². The molecule has 3 rings (SSSR count). The van der Waals surface area contributed by atoms with Crippen LogP contribution in [0.15, 0.2) is 24.3 Å². The van der Waals surface area contributed by atoms with E-state index in [-0.39, 0.29) is 17.9 Å². The molecule has 1 aromatic carbocycles. The molecule has 1 aliphatic heterocycles. The number of rotatable bonds is 3. The number of fused-ring (bicyclic) bond motifs is 1. The van der Waals surface area contributed by atoms with Crippen LogP contribution in [0.5, 0.6) is 5.75 Å². The molecule has 0 aliphatic carbocycles. The third kappa shape index (κ3) is 3.26. The van der Waals surface area contributed by atoms with E-state index in [0.29, 0.717) is 30.6 Å². The fourth-order valence-electron chi connectivity index (χ4n) is 2.72. The van der Waals surface area contributed by atoms with Crippen molar-refractivity contribution in [1.82, 2.24) is 15.6 Å². The van der Waals surface area contributed by atoms with Gasteiger partial charge in [-0.3, -0.25) is 14.6 Å². The van der Waals surface area contributed by atoms with Gasteiger partial charge in [-0.1, -0.05) is 0 Å². The number of benzene rings is 1. The molecular formula is C17H19N3O3. The topological polar surface area (TPSA) is 80.3 Å². The predicted octanol–water partition coefficient (Wildman–Crippen LogP) is 1.56. The van der Waals surface area contributed by atoms with Crippen LogP contribution in [0.3, 0.4) is 0 Å². The second kappa shape index (κ2) is 6.24. The quantitative estimate of drug-likeness (QED) is 0.901. The molecule has 0 radical (unpaired) electrons. The summed E-state index contributed by atoms with van der Waals surface area (Å²) in [5, 5.41) is 6.62. The van der Waals surface area contributed by atoms with Gasteiger partial charge in [0.05, 0.1) is 23.9 Å². The Morgan fingerprint density at radius 3 is 2.91 bits per heavy atom. The highest BCUT2D eigenvalue weighted by Gasteiger charge is 2.21. The number of hydrogen-bond donors (Lipinski definition) is 2. The third-order valence-electron chi connectivity index (χ3n) is 4.06. The van der Waals surface area contributed by atoms with Gasteiger partial charge in [0.2, 0.25) is 5.91 Å². The molecule has 2 amide bonds. The molecule has 2 aromatic rings. The molecule has 6 heteroatoms. The monoisotopic (exact) mass is 313 g/mol. The minimum Gasteiger partial charge on any atom is -0.497 e. The Balaban J connectivity index is 1.82. The Hall–Kier alpha value is -2.63. The maximum Gasteiger partial charge on any atom is 0.253 e. The number of pyridine rings is 1. The molecule has 1 atom stereocenters. The normalized spacial score (nSPS) is 17.7. The first-order valence-corrected chi connectivity index (χ1v) is 7.60. The number of carbonyl (C=O) groups is 2. The maximum absolute atomic E-state index is 12.5.